The minimum absolute atomic E-state index is 0.949. The molecule has 1 aromatic carbocycles. The lowest BCUT2D eigenvalue weighted by Crippen LogP contribution is -2.05. The van der Waals surface area contributed by atoms with Crippen LogP contribution < -0.4 is 5.43 Å². The molecule has 2 heteroatoms. The van der Waals surface area contributed by atoms with Gasteiger partial charge in [0, 0.05) is 7.05 Å². The van der Waals surface area contributed by atoms with Gasteiger partial charge in [-0.25, -0.2) is 0 Å². The third-order valence-corrected chi connectivity index (χ3v) is 1.69. The molecular weight excluding hydrogens is 148 g/mol. The monoisotopic (exact) mass is 162 g/mol. The molecule has 0 aromatic heterocycles. The van der Waals surface area contributed by atoms with Gasteiger partial charge in [0.05, 0.1) is 5.71 Å². The lowest BCUT2D eigenvalue weighted by Gasteiger charge is -2.02. The standard InChI is InChI=1S/C10H14N2/c1-3-10(12-11-2)9-7-5-4-6-8-9/h4-8,11H,3H2,1-2H3/b12-10+. The number of hydrogen-bond acceptors (Lipinski definition) is 2. The fraction of sp³-hybridized carbons (Fsp3) is 0.300. The fourth-order valence-corrected chi connectivity index (χ4v) is 1.11. The minimum Gasteiger partial charge on any atom is -0.313 e. The molecule has 0 bridgehead atoms. The zero-order valence-corrected chi connectivity index (χ0v) is 7.54. The van der Waals surface area contributed by atoms with E-state index < -0.39 is 0 Å². The van der Waals surface area contributed by atoms with E-state index in [1.807, 2.05) is 25.2 Å². The van der Waals surface area contributed by atoms with Crippen molar-refractivity contribution in [2.24, 2.45) is 5.10 Å². The zero-order chi connectivity index (χ0) is 8.81. The third kappa shape index (κ3) is 2.09. The Morgan fingerprint density at radius 3 is 2.50 bits per heavy atom. The van der Waals surface area contributed by atoms with E-state index in [0.29, 0.717) is 0 Å². The molecule has 0 heterocycles. The molecule has 64 valence electrons. The van der Waals surface area contributed by atoms with Crippen molar-refractivity contribution in [3.8, 4) is 0 Å². The number of hydrazone groups is 1. The maximum absolute atomic E-state index is 4.18. The van der Waals surface area contributed by atoms with Gasteiger partial charge >= 0.3 is 0 Å². The van der Waals surface area contributed by atoms with Gasteiger partial charge in [-0.1, -0.05) is 37.3 Å². The maximum Gasteiger partial charge on any atom is 0.0672 e. The van der Waals surface area contributed by atoms with Gasteiger partial charge in [0.1, 0.15) is 0 Å². The predicted octanol–water partition coefficient (Wildman–Crippen LogP) is 2.02. The van der Waals surface area contributed by atoms with Gasteiger partial charge in [-0.15, -0.1) is 0 Å². The summed E-state index contributed by atoms with van der Waals surface area (Å²) in [6.45, 7) is 2.10. The Morgan fingerprint density at radius 2 is 2.00 bits per heavy atom. The molecule has 0 radical (unpaired) electrons. The van der Waals surface area contributed by atoms with Crippen molar-refractivity contribution in [1.29, 1.82) is 0 Å². The molecule has 0 amide bonds. The van der Waals surface area contributed by atoms with Crippen molar-refractivity contribution < 1.29 is 0 Å². The smallest absolute Gasteiger partial charge is 0.0672 e. The van der Waals surface area contributed by atoms with E-state index >= 15 is 0 Å². The molecule has 2 nitrogen and oxygen atoms in total. The first-order valence-corrected chi connectivity index (χ1v) is 4.17. The van der Waals surface area contributed by atoms with Crippen molar-refractivity contribution in [2.75, 3.05) is 7.05 Å². The third-order valence-electron chi connectivity index (χ3n) is 1.69. The number of rotatable bonds is 3. The number of hydrogen-bond donors (Lipinski definition) is 1. The lowest BCUT2D eigenvalue weighted by molar-refractivity contribution is 0.892. The van der Waals surface area contributed by atoms with Gasteiger partial charge in [-0.2, -0.15) is 5.10 Å². The first kappa shape index (κ1) is 8.78. The number of nitrogens with zero attached hydrogens (tertiary/aromatic N) is 1. The molecule has 0 aliphatic carbocycles. The second-order valence-electron chi connectivity index (χ2n) is 2.50. The second-order valence-corrected chi connectivity index (χ2v) is 2.50. The van der Waals surface area contributed by atoms with Crippen molar-refractivity contribution in [3.05, 3.63) is 35.9 Å². The van der Waals surface area contributed by atoms with E-state index in [-0.39, 0.29) is 0 Å². The molecule has 0 saturated carbocycles. The van der Waals surface area contributed by atoms with E-state index in [2.05, 4.69) is 29.6 Å². The van der Waals surface area contributed by atoms with Crippen molar-refractivity contribution in [1.82, 2.24) is 5.43 Å². The summed E-state index contributed by atoms with van der Waals surface area (Å²) in [4.78, 5) is 0. The van der Waals surface area contributed by atoms with Gasteiger partial charge in [-0.05, 0) is 12.0 Å². The van der Waals surface area contributed by atoms with Crippen LogP contribution in [0.3, 0.4) is 0 Å². The highest BCUT2D eigenvalue weighted by Gasteiger charge is 1.97. The summed E-state index contributed by atoms with van der Waals surface area (Å²) in [6, 6.07) is 10.2. The number of benzene rings is 1. The fourth-order valence-electron chi connectivity index (χ4n) is 1.11. The first-order valence-electron chi connectivity index (χ1n) is 4.17. The quantitative estimate of drug-likeness (QED) is 0.533. The average Bonchev–Trinajstić information content (AvgIpc) is 2.15. The molecule has 12 heavy (non-hydrogen) atoms. The topological polar surface area (TPSA) is 24.4 Å². The summed E-state index contributed by atoms with van der Waals surface area (Å²) in [5, 5.41) is 4.18. The SMILES string of the molecule is CC/C(=N\NC)c1ccccc1. The van der Waals surface area contributed by atoms with Crippen LogP contribution in [0.4, 0.5) is 0 Å². The average molecular weight is 162 g/mol. The molecule has 1 N–H and O–H groups in total. The van der Waals surface area contributed by atoms with Crippen LogP contribution in [-0.2, 0) is 0 Å². The van der Waals surface area contributed by atoms with Gasteiger partial charge in [0.25, 0.3) is 0 Å². The molecule has 0 atom stereocenters. The lowest BCUT2D eigenvalue weighted by atomic mass is 10.1. The van der Waals surface area contributed by atoms with Gasteiger partial charge < -0.3 is 5.43 Å². The van der Waals surface area contributed by atoms with Gasteiger partial charge in [0.2, 0.25) is 0 Å². The van der Waals surface area contributed by atoms with Crippen LogP contribution in [0.2, 0.25) is 0 Å². The summed E-state index contributed by atoms with van der Waals surface area (Å²) in [6.07, 6.45) is 0.949. The highest BCUT2D eigenvalue weighted by Crippen LogP contribution is 2.02. The number of nitrogens with one attached hydrogen (secondary N) is 1. The Morgan fingerprint density at radius 1 is 1.33 bits per heavy atom. The van der Waals surface area contributed by atoms with Crippen LogP contribution in [0, 0.1) is 0 Å². The Bertz CT molecular complexity index is 252. The Balaban J connectivity index is 2.88. The predicted molar refractivity (Wildman–Crippen MR) is 52.3 cm³/mol. The maximum atomic E-state index is 4.18. The van der Waals surface area contributed by atoms with Crippen LogP contribution in [-0.4, -0.2) is 12.8 Å². The van der Waals surface area contributed by atoms with Crippen LogP contribution in [0.5, 0.6) is 0 Å². The normalized spacial score (nSPS) is 11.3. The summed E-state index contributed by atoms with van der Waals surface area (Å²) >= 11 is 0. The van der Waals surface area contributed by atoms with Crippen LogP contribution in [0.15, 0.2) is 35.4 Å². The van der Waals surface area contributed by atoms with E-state index in [1.165, 1.54) is 5.56 Å². The molecule has 0 aliphatic heterocycles. The summed E-state index contributed by atoms with van der Waals surface area (Å²) in [5.74, 6) is 0. The molecule has 0 saturated heterocycles. The van der Waals surface area contributed by atoms with Crippen molar-refractivity contribution in [3.63, 3.8) is 0 Å². The van der Waals surface area contributed by atoms with E-state index in [0.717, 1.165) is 12.1 Å². The van der Waals surface area contributed by atoms with E-state index in [9.17, 15) is 0 Å². The van der Waals surface area contributed by atoms with Gasteiger partial charge in [0.15, 0.2) is 0 Å². The Labute approximate surface area is 73.3 Å². The molecule has 0 aliphatic rings. The van der Waals surface area contributed by atoms with Gasteiger partial charge in [-0.3, -0.25) is 0 Å². The van der Waals surface area contributed by atoms with Crippen molar-refractivity contribution in [2.45, 2.75) is 13.3 Å². The Kier molecular flexibility index (Phi) is 3.33. The minimum atomic E-state index is 0.949. The summed E-state index contributed by atoms with van der Waals surface area (Å²) in [7, 11) is 1.82. The highest BCUT2D eigenvalue weighted by atomic mass is 15.3. The molecule has 0 fully saturated rings. The zero-order valence-electron chi connectivity index (χ0n) is 7.54. The van der Waals surface area contributed by atoms with Crippen LogP contribution in [0.25, 0.3) is 0 Å². The molecule has 0 spiro atoms. The van der Waals surface area contributed by atoms with Crippen LogP contribution in [0.1, 0.15) is 18.9 Å². The van der Waals surface area contributed by atoms with E-state index in [4.69, 9.17) is 0 Å². The molecular formula is C10H14N2. The largest absolute Gasteiger partial charge is 0.313 e. The van der Waals surface area contributed by atoms with Crippen molar-refractivity contribution >= 4 is 5.71 Å². The highest BCUT2D eigenvalue weighted by molar-refractivity contribution is 6.00. The van der Waals surface area contributed by atoms with E-state index in [1.54, 1.807) is 0 Å². The van der Waals surface area contributed by atoms with Crippen LogP contribution >= 0.6 is 0 Å². The first-order chi connectivity index (χ1) is 5.88. The summed E-state index contributed by atoms with van der Waals surface area (Å²) in [5.41, 5.74) is 5.09. The Hall–Kier alpha value is -1.31. The second kappa shape index (κ2) is 4.54. The molecule has 1 aromatic rings. The summed E-state index contributed by atoms with van der Waals surface area (Å²) < 4.78 is 0. The molecule has 1 rings (SSSR count). The molecule has 0 unspecified atom stereocenters.